The molecule has 0 aromatic rings. The lowest BCUT2D eigenvalue weighted by atomic mass is 10.1. The van der Waals surface area contributed by atoms with Crippen molar-refractivity contribution in [1.82, 2.24) is 0 Å². The van der Waals surface area contributed by atoms with Crippen LogP contribution in [0.3, 0.4) is 0 Å². The van der Waals surface area contributed by atoms with E-state index in [4.69, 9.17) is 7.85 Å². The zero-order valence-electron chi connectivity index (χ0n) is 11.7. The van der Waals surface area contributed by atoms with E-state index in [1.165, 1.54) is 0 Å². The SMILES string of the molecule is [2H]C([2H])(/C=C/C)CCCCCCCCC(=O)O. The molecule has 0 unspecified atom stereocenters. The maximum absolute atomic E-state index is 10.3. The molecule has 0 aromatic heterocycles. The van der Waals surface area contributed by atoms with Gasteiger partial charge < -0.3 is 5.11 Å². The van der Waals surface area contributed by atoms with Crippen LogP contribution in [-0.4, -0.2) is 11.1 Å². The van der Waals surface area contributed by atoms with Gasteiger partial charge in [0.25, 0.3) is 0 Å². The Balaban J connectivity index is 3.32. The average Bonchev–Trinajstić information content (AvgIpc) is 2.21. The summed E-state index contributed by atoms with van der Waals surface area (Å²) in [5.41, 5.74) is 0. The van der Waals surface area contributed by atoms with Crippen molar-refractivity contribution in [3.05, 3.63) is 12.2 Å². The molecule has 0 aliphatic rings. The van der Waals surface area contributed by atoms with Gasteiger partial charge >= 0.3 is 5.97 Å². The molecule has 0 saturated carbocycles. The van der Waals surface area contributed by atoms with Crippen LogP contribution in [0.5, 0.6) is 0 Å². The van der Waals surface area contributed by atoms with E-state index in [0.717, 1.165) is 38.5 Å². The molecule has 15 heavy (non-hydrogen) atoms. The Kier molecular flexibility index (Phi) is 8.06. The van der Waals surface area contributed by atoms with Gasteiger partial charge in [0.1, 0.15) is 0 Å². The van der Waals surface area contributed by atoms with Crippen molar-refractivity contribution in [1.29, 1.82) is 0 Å². The van der Waals surface area contributed by atoms with Crippen LogP contribution in [0.15, 0.2) is 12.2 Å². The summed E-state index contributed by atoms with van der Waals surface area (Å²) in [6, 6.07) is 0. The third-order valence-corrected chi connectivity index (χ3v) is 2.25. The van der Waals surface area contributed by atoms with Crippen LogP contribution in [0.1, 0.15) is 67.4 Å². The molecule has 0 aliphatic carbocycles. The van der Waals surface area contributed by atoms with E-state index < -0.39 is 12.3 Å². The molecule has 0 spiro atoms. The lowest BCUT2D eigenvalue weighted by molar-refractivity contribution is -0.137. The van der Waals surface area contributed by atoms with Crippen LogP contribution in [0.25, 0.3) is 0 Å². The zero-order chi connectivity index (χ0) is 13.1. The third-order valence-electron chi connectivity index (χ3n) is 2.25. The van der Waals surface area contributed by atoms with E-state index in [0.29, 0.717) is 6.42 Å². The minimum Gasteiger partial charge on any atom is -0.481 e. The molecule has 0 fully saturated rings. The number of carbonyl (C=O) groups is 1. The van der Waals surface area contributed by atoms with Crippen LogP contribution in [0.2, 0.25) is 0 Å². The first kappa shape index (κ1) is 10.7. The molecular weight excluding hydrogens is 188 g/mol. The third kappa shape index (κ3) is 13.2. The number of carboxylic acid groups (broad SMARTS) is 1. The van der Waals surface area contributed by atoms with Crippen molar-refractivity contribution in [2.24, 2.45) is 0 Å². The Morgan fingerprint density at radius 2 is 1.67 bits per heavy atom. The fourth-order valence-corrected chi connectivity index (χ4v) is 1.41. The maximum atomic E-state index is 10.3. The molecule has 0 atom stereocenters. The number of allylic oxidation sites excluding steroid dienone is 2. The number of unbranched alkanes of at least 4 members (excludes halogenated alkanes) is 5. The highest BCUT2D eigenvalue weighted by molar-refractivity contribution is 5.66. The van der Waals surface area contributed by atoms with Crippen molar-refractivity contribution in [3.8, 4) is 0 Å². The van der Waals surface area contributed by atoms with Gasteiger partial charge in [0.2, 0.25) is 0 Å². The molecule has 0 rings (SSSR count). The fourth-order valence-electron chi connectivity index (χ4n) is 1.41. The normalized spacial score (nSPS) is 13.9. The van der Waals surface area contributed by atoms with Crippen molar-refractivity contribution in [2.45, 2.75) is 64.7 Å². The highest BCUT2D eigenvalue weighted by Crippen LogP contribution is 2.09. The van der Waals surface area contributed by atoms with E-state index in [2.05, 4.69) is 0 Å². The average molecular weight is 214 g/mol. The largest absolute Gasteiger partial charge is 0.481 e. The summed E-state index contributed by atoms with van der Waals surface area (Å²) in [6.07, 6.45) is 8.83. The van der Waals surface area contributed by atoms with E-state index in [-0.39, 0.29) is 6.42 Å². The van der Waals surface area contributed by atoms with Gasteiger partial charge in [-0.25, -0.2) is 0 Å². The topological polar surface area (TPSA) is 37.3 Å². The second-order valence-electron chi connectivity index (χ2n) is 3.72. The summed E-state index contributed by atoms with van der Waals surface area (Å²) in [5.74, 6) is -0.718. The molecule has 0 saturated heterocycles. The number of carboxylic acids is 1. The Labute approximate surface area is 96.2 Å². The van der Waals surface area contributed by atoms with E-state index in [9.17, 15) is 4.79 Å². The lowest BCUT2D eigenvalue weighted by Crippen LogP contribution is -1.93. The molecular formula is C13H24O2. The summed E-state index contributed by atoms with van der Waals surface area (Å²) in [4.78, 5) is 10.3. The van der Waals surface area contributed by atoms with Gasteiger partial charge in [0.15, 0.2) is 0 Å². The van der Waals surface area contributed by atoms with Gasteiger partial charge in [0, 0.05) is 9.16 Å². The van der Waals surface area contributed by atoms with Crippen molar-refractivity contribution in [3.63, 3.8) is 0 Å². The van der Waals surface area contributed by atoms with Crippen LogP contribution in [-0.2, 0) is 4.79 Å². The predicted octanol–water partition coefficient (Wildman–Crippen LogP) is 4.16. The smallest absolute Gasteiger partial charge is 0.303 e. The number of hydrogen-bond donors (Lipinski definition) is 1. The first-order chi connectivity index (χ1) is 7.98. The van der Waals surface area contributed by atoms with E-state index >= 15 is 0 Å². The summed E-state index contributed by atoms with van der Waals surface area (Å²) in [7, 11) is 0. The Morgan fingerprint density at radius 1 is 1.13 bits per heavy atom. The van der Waals surface area contributed by atoms with Gasteiger partial charge in [0.05, 0.1) is 0 Å². The molecule has 0 amide bonds. The van der Waals surface area contributed by atoms with Gasteiger partial charge in [-0.2, -0.15) is 0 Å². The van der Waals surface area contributed by atoms with Gasteiger partial charge in [-0.15, -0.1) is 0 Å². The highest BCUT2D eigenvalue weighted by atomic mass is 16.4. The molecule has 0 radical (unpaired) electrons. The van der Waals surface area contributed by atoms with Crippen LogP contribution in [0.4, 0.5) is 0 Å². The van der Waals surface area contributed by atoms with Crippen LogP contribution >= 0.6 is 0 Å². The minimum atomic E-state index is -1.17. The van der Waals surface area contributed by atoms with Crippen molar-refractivity contribution in [2.75, 3.05) is 0 Å². The molecule has 1 N–H and O–H groups in total. The lowest BCUT2D eigenvalue weighted by Gasteiger charge is -1.99. The van der Waals surface area contributed by atoms with Gasteiger partial charge in [-0.05, 0) is 26.1 Å². The maximum Gasteiger partial charge on any atom is 0.303 e. The van der Waals surface area contributed by atoms with E-state index in [1.807, 2.05) is 6.92 Å². The summed E-state index contributed by atoms with van der Waals surface area (Å²) >= 11 is 0. The van der Waals surface area contributed by atoms with Gasteiger partial charge in [-0.3, -0.25) is 4.79 Å². The predicted molar refractivity (Wildman–Crippen MR) is 64.0 cm³/mol. The molecule has 88 valence electrons. The number of hydrogen-bond acceptors (Lipinski definition) is 1. The minimum absolute atomic E-state index is 0.268. The molecule has 2 heteroatoms. The Bertz CT molecular complexity index is 238. The standard InChI is InChI=1S/C13H24O2/c1-2-3-4-5-6-7-8-9-10-11-12-13(14)15/h2-3H,4-12H2,1H3,(H,14,15)/b3-2+/i4D2. The molecule has 2 nitrogen and oxygen atoms in total. The summed E-state index contributed by atoms with van der Waals surface area (Å²) in [6.45, 7) is 1.83. The molecule has 0 aromatic carbocycles. The van der Waals surface area contributed by atoms with Crippen molar-refractivity contribution < 1.29 is 12.6 Å². The second-order valence-corrected chi connectivity index (χ2v) is 3.72. The van der Waals surface area contributed by atoms with E-state index in [1.54, 1.807) is 12.2 Å². The quantitative estimate of drug-likeness (QED) is 0.438. The van der Waals surface area contributed by atoms with Crippen LogP contribution < -0.4 is 0 Å². The molecule has 0 heterocycles. The second kappa shape index (κ2) is 11.3. The van der Waals surface area contributed by atoms with Gasteiger partial charge in [-0.1, -0.05) is 44.3 Å². The number of rotatable bonds is 10. The molecule has 0 bridgehead atoms. The fraction of sp³-hybridized carbons (Fsp3) is 0.769. The Hall–Kier alpha value is -0.790. The first-order valence-corrected chi connectivity index (χ1v) is 5.83. The summed E-state index contributed by atoms with van der Waals surface area (Å²) < 4.78 is 15.3. The van der Waals surface area contributed by atoms with Crippen LogP contribution in [0, 0.1) is 0 Å². The first-order valence-electron chi connectivity index (χ1n) is 6.83. The number of aliphatic carboxylic acids is 1. The highest BCUT2D eigenvalue weighted by Gasteiger charge is 1.96. The molecule has 0 aliphatic heterocycles. The monoisotopic (exact) mass is 214 g/mol. The zero-order valence-corrected chi connectivity index (χ0v) is 9.67. The Morgan fingerprint density at radius 3 is 2.20 bits per heavy atom. The van der Waals surface area contributed by atoms with Crippen molar-refractivity contribution >= 4 is 5.97 Å². The summed E-state index contributed by atoms with van der Waals surface area (Å²) in [5, 5.41) is 8.45.